The molecule has 1 rings (SSSR count). The number of hydrogen-bond acceptors (Lipinski definition) is 4. The van der Waals surface area contributed by atoms with Gasteiger partial charge in [0.2, 0.25) is 5.91 Å². The van der Waals surface area contributed by atoms with Gasteiger partial charge in [-0.2, -0.15) is 5.26 Å². The van der Waals surface area contributed by atoms with Gasteiger partial charge >= 0.3 is 0 Å². The molecule has 1 amide bonds. The predicted octanol–water partition coefficient (Wildman–Crippen LogP) is 0.762. The maximum atomic E-state index is 11.4. The summed E-state index contributed by atoms with van der Waals surface area (Å²) in [5.41, 5.74) is 1.25. The van der Waals surface area contributed by atoms with Crippen LogP contribution in [0.2, 0.25) is 0 Å². The van der Waals surface area contributed by atoms with Gasteiger partial charge < -0.3 is 10.2 Å². The zero-order valence-electron chi connectivity index (χ0n) is 9.61. The number of aryl methyl sites for hydroxylation is 1. The molecule has 0 unspecified atom stereocenters. The highest BCUT2D eigenvalue weighted by Gasteiger charge is 2.07. The first-order valence-corrected chi connectivity index (χ1v) is 4.86. The number of carbonyl (C=O) groups is 1. The molecule has 1 heterocycles. The van der Waals surface area contributed by atoms with Crippen molar-refractivity contribution in [1.29, 1.82) is 5.26 Å². The first-order valence-electron chi connectivity index (χ1n) is 4.86. The molecule has 5 heteroatoms. The standard InChI is InChI=1S/C11H14N4O/c1-8-4-5-9(6-12)11(14-8)13-7-10(16)15(2)3/h4-5H,7H2,1-3H3,(H,13,14). The van der Waals surface area contributed by atoms with E-state index in [1.54, 1.807) is 26.2 Å². The molecule has 84 valence electrons. The van der Waals surface area contributed by atoms with Crippen LogP contribution in [0, 0.1) is 18.3 Å². The molecule has 0 aliphatic carbocycles. The van der Waals surface area contributed by atoms with Gasteiger partial charge in [0.25, 0.3) is 0 Å². The number of nitriles is 1. The van der Waals surface area contributed by atoms with Gasteiger partial charge in [0.1, 0.15) is 11.9 Å². The number of carbonyl (C=O) groups excluding carboxylic acids is 1. The van der Waals surface area contributed by atoms with E-state index in [0.29, 0.717) is 11.4 Å². The number of hydrogen-bond donors (Lipinski definition) is 1. The largest absolute Gasteiger partial charge is 0.360 e. The van der Waals surface area contributed by atoms with Gasteiger partial charge in [-0.15, -0.1) is 0 Å². The van der Waals surface area contributed by atoms with E-state index in [4.69, 9.17) is 5.26 Å². The van der Waals surface area contributed by atoms with Crippen molar-refractivity contribution in [3.63, 3.8) is 0 Å². The second kappa shape index (κ2) is 5.12. The molecule has 0 aliphatic rings. The number of likely N-dealkylation sites (N-methyl/N-ethyl adjacent to an activating group) is 1. The maximum absolute atomic E-state index is 11.4. The molecular formula is C11H14N4O. The molecule has 0 atom stereocenters. The van der Waals surface area contributed by atoms with Crippen LogP contribution in [0.25, 0.3) is 0 Å². The average molecular weight is 218 g/mol. The van der Waals surface area contributed by atoms with Crippen LogP contribution >= 0.6 is 0 Å². The molecule has 16 heavy (non-hydrogen) atoms. The fourth-order valence-electron chi connectivity index (χ4n) is 1.10. The molecule has 0 aromatic carbocycles. The summed E-state index contributed by atoms with van der Waals surface area (Å²) < 4.78 is 0. The SMILES string of the molecule is Cc1ccc(C#N)c(NCC(=O)N(C)C)n1. The fourth-order valence-corrected chi connectivity index (χ4v) is 1.10. The summed E-state index contributed by atoms with van der Waals surface area (Å²) in [5, 5.41) is 11.7. The summed E-state index contributed by atoms with van der Waals surface area (Å²) in [6.45, 7) is 1.97. The average Bonchev–Trinajstić information content (AvgIpc) is 2.25. The first-order chi connectivity index (χ1) is 7.54. The van der Waals surface area contributed by atoms with Gasteiger partial charge in [-0.3, -0.25) is 4.79 Å². The molecule has 0 bridgehead atoms. The highest BCUT2D eigenvalue weighted by Crippen LogP contribution is 2.11. The Morgan fingerprint density at radius 2 is 2.25 bits per heavy atom. The molecule has 1 aromatic rings. The van der Waals surface area contributed by atoms with Gasteiger partial charge in [-0.05, 0) is 19.1 Å². The normalized spacial score (nSPS) is 9.38. The van der Waals surface area contributed by atoms with Crippen LogP contribution in [0.1, 0.15) is 11.3 Å². The Bertz CT molecular complexity index is 434. The van der Waals surface area contributed by atoms with Crippen molar-refractivity contribution in [2.75, 3.05) is 26.0 Å². The smallest absolute Gasteiger partial charge is 0.241 e. The fraction of sp³-hybridized carbons (Fsp3) is 0.364. The number of rotatable bonds is 3. The molecule has 0 spiro atoms. The summed E-state index contributed by atoms with van der Waals surface area (Å²) in [6.07, 6.45) is 0. The second-order valence-electron chi connectivity index (χ2n) is 3.60. The van der Waals surface area contributed by atoms with Crippen LogP contribution in [0.5, 0.6) is 0 Å². The number of aromatic nitrogens is 1. The minimum Gasteiger partial charge on any atom is -0.360 e. The summed E-state index contributed by atoms with van der Waals surface area (Å²) in [7, 11) is 3.36. The first kappa shape index (κ1) is 12.0. The molecular weight excluding hydrogens is 204 g/mol. The van der Waals surface area contributed by atoms with Crippen molar-refractivity contribution in [1.82, 2.24) is 9.88 Å². The lowest BCUT2D eigenvalue weighted by atomic mass is 10.2. The van der Waals surface area contributed by atoms with Gasteiger partial charge in [-0.1, -0.05) is 0 Å². The highest BCUT2D eigenvalue weighted by molar-refractivity contribution is 5.80. The van der Waals surface area contributed by atoms with Crippen molar-refractivity contribution in [3.8, 4) is 6.07 Å². The van der Waals surface area contributed by atoms with Gasteiger partial charge in [0.05, 0.1) is 12.1 Å². The Morgan fingerprint density at radius 3 is 2.81 bits per heavy atom. The van der Waals surface area contributed by atoms with Crippen LogP contribution in [0.3, 0.4) is 0 Å². The van der Waals surface area contributed by atoms with Crippen LogP contribution in [-0.2, 0) is 4.79 Å². The second-order valence-corrected chi connectivity index (χ2v) is 3.60. The molecule has 0 saturated carbocycles. The zero-order chi connectivity index (χ0) is 12.1. The summed E-state index contributed by atoms with van der Waals surface area (Å²) in [6, 6.07) is 5.47. The predicted molar refractivity (Wildman–Crippen MR) is 60.9 cm³/mol. The van der Waals surface area contributed by atoms with E-state index in [2.05, 4.69) is 10.3 Å². The molecule has 0 saturated heterocycles. The van der Waals surface area contributed by atoms with E-state index < -0.39 is 0 Å². The number of nitrogens with zero attached hydrogens (tertiary/aromatic N) is 3. The molecule has 5 nitrogen and oxygen atoms in total. The third-order valence-corrected chi connectivity index (χ3v) is 2.06. The van der Waals surface area contributed by atoms with Crippen LogP contribution in [0.15, 0.2) is 12.1 Å². The van der Waals surface area contributed by atoms with Crippen molar-refractivity contribution >= 4 is 11.7 Å². The summed E-state index contributed by atoms with van der Waals surface area (Å²) >= 11 is 0. The number of amides is 1. The van der Waals surface area contributed by atoms with E-state index in [0.717, 1.165) is 5.69 Å². The summed E-state index contributed by atoms with van der Waals surface area (Å²) in [5.74, 6) is 0.393. The van der Waals surface area contributed by atoms with E-state index in [-0.39, 0.29) is 12.5 Å². The number of nitrogens with one attached hydrogen (secondary N) is 1. The minimum atomic E-state index is -0.0628. The van der Waals surface area contributed by atoms with E-state index in [1.165, 1.54) is 4.90 Å². The number of anilines is 1. The molecule has 0 aliphatic heterocycles. The van der Waals surface area contributed by atoms with Gasteiger partial charge in [0, 0.05) is 19.8 Å². The zero-order valence-corrected chi connectivity index (χ0v) is 9.61. The Labute approximate surface area is 94.7 Å². The minimum absolute atomic E-state index is 0.0628. The lowest BCUT2D eigenvalue weighted by molar-refractivity contribution is -0.126. The van der Waals surface area contributed by atoms with Crippen molar-refractivity contribution in [3.05, 3.63) is 23.4 Å². The topological polar surface area (TPSA) is 69.0 Å². The van der Waals surface area contributed by atoms with E-state index >= 15 is 0 Å². The highest BCUT2D eigenvalue weighted by atomic mass is 16.2. The molecule has 0 radical (unpaired) electrons. The Morgan fingerprint density at radius 1 is 1.56 bits per heavy atom. The third-order valence-electron chi connectivity index (χ3n) is 2.06. The van der Waals surface area contributed by atoms with Crippen molar-refractivity contribution in [2.45, 2.75) is 6.92 Å². The van der Waals surface area contributed by atoms with Gasteiger partial charge in [0.15, 0.2) is 0 Å². The van der Waals surface area contributed by atoms with Crippen LogP contribution in [0.4, 0.5) is 5.82 Å². The molecule has 0 fully saturated rings. The Kier molecular flexibility index (Phi) is 3.84. The lowest BCUT2D eigenvalue weighted by Crippen LogP contribution is -2.29. The van der Waals surface area contributed by atoms with Gasteiger partial charge in [-0.25, -0.2) is 4.98 Å². The van der Waals surface area contributed by atoms with Crippen molar-refractivity contribution < 1.29 is 4.79 Å². The monoisotopic (exact) mass is 218 g/mol. The maximum Gasteiger partial charge on any atom is 0.241 e. The molecule has 1 aromatic heterocycles. The Hall–Kier alpha value is -2.09. The third kappa shape index (κ3) is 2.95. The quantitative estimate of drug-likeness (QED) is 0.813. The van der Waals surface area contributed by atoms with E-state index in [9.17, 15) is 4.79 Å². The number of pyridine rings is 1. The Balaban J connectivity index is 2.77. The lowest BCUT2D eigenvalue weighted by Gasteiger charge is -2.12. The van der Waals surface area contributed by atoms with Crippen molar-refractivity contribution in [2.24, 2.45) is 0 Å². The van der Waals surface area contributed by atoms with E-state index in [1.807, 2.05) is 13.0 Å². The molecule has 1 N–H and O–H groups in total. The van der Waals surface area contributed by atoms with Crippen LogP contribution in [-0.4, -0.2) is 36.4 Å². The van der Waals surface area contributed by atoms with Crippen LogP contribution < -0.4 is 5.32 Å². The summed E-state index contributed by atoms with van der Waals surface area (Å²) in [4.78, 5) is 17.0.